The number of benzene rings is 2. The number of para-hydroxylation sites is 1. The van der Waals surface area contributed by atoms with Crippen LogP contribution in [0.5, 0.6) is 11.5 Å². The Morgan fingerprint density at radius 3 is 2.46 bits per heavy atom. The first-order valence-electron chi connectivity index (χ1n) is 8.49. The summed E-state index contributed by atoms with van der Waals surface area (Å²) in [5, 5.41) is 0.711. The molecule has 0 aliphatic carbocycles. The molecule has 0 unspecified atom stereocenters. The molecule has 0 N–H and O–H groups in total. The number of anilines is 1. The molecule has 6 heteroatoms. The smallest absolute Gasteiger partial charge is 0.266 e. The third-order valence-corrected chi connectivity index (χ3v) is 4.84. The van der Waals surface area contributed by atoms with Crippen molar-refractivity contribution in [2.45, 2.75) is 13.8 Å². The second kappa shape index (κ2) is 8.19. The number of fused-ring (bicyclic) bond motifs is 1. The number of thiazole rings is 1. The summed E-state index contributed by atoms with van der Waals surface area (Å²) < 4.78 is 11.9. The lowest BCUT2D eigenvalue weighted by Crippen LogP contribution is -2.37. The molecular weight excluding hydrogens is 348 g/mol. The Hall–Kier alpha value is -2.60. The van der Waals surface area contributed by atoms with Crippen molar-refractivity contribution in [3.63, 3.8) is 0 Å². The van der Waals surface area contributed by atoms with Gasteiger partial charge in [-0.1, -0.05) is 37.3 Å². The molecule has 0 aliphatic rings. The van der Waals surface area contributed by atoms with Crippen LogP contribution in [0.4, 0.5) is 5.13 Å². The molecule has 0 radical (unpaired) electrons. The number of hydrogen-bond donors (Lipinski definition) is 0. The lowest BCUT2D eigenvalue weighted by molar-refractivity contribution is -0.120. The van der Waals surface area contributed by atoms with Gasteiger partial charge in [0.15, 0.2) is 11.7 Å². The number of methoxy groups -OCH3 is 1. The normalized spacial score (nSPS) is 10.9. The van der Waals surface area contributed by atoms with Crippen LogP contribution in [0.1, 0.15) is 13.8 Å². The molecule has 5 nitrogen and oxygen atoms in total. The summed E-state index contributed by atoms with van der Waals surface area (Å²) in [5.74, 6) is 1.60. The molecule has 0 fully saturated rings. The Morgan fingerprint density at radius 2 is 1.81 bits per heavy atom. The van der Waals surface area contributed by atoms with Crippen LogP contribution in [-0.2, 0) is 4.79 Å². The first-order chi connectivity index (χ1) is 12.6. The topological polar surface area (TPSA) is 51.7 Å². The maximum atomic E-state index is 12.8. The number of amides is 1. The predicted molar refractivity (Wildman–Crippen MR) is 105 cm³/mol. The molecule has 2 aromatic carbocycles. The Kier molecular flexibility index (Phi) is 5.73. The van der Waals surface area contributed by atoms with Crippen LogP contribution >= 0.6 is 11.3 Å². The van der Waals surface area contributed by atoms with Crippen LogP contribution in [0.3, 0.4) is 0 Å². The van der Waals surface area contributed by atoms with E-state index in [0.29, 0.717) is 23.3 Å². The van der Waals surface area contributed by atoms with Crippen LogP contribution in [-0.4, -0.2) is 31.2 Å². The van der Waals surface area contributed by atoms with Crippen molar-refractivity contribution in [2.75, 3.05) is 25.2 Å². The van der Waals surface area contributed by atoms with Gasteiger partial charge in [0.2, 0.25) is 0 Å². The average molecular weight is 370 g/mol. The van der Waals surface area contributed by atoms with Crippen molar-refractivity contribution in [1.82, 2.24) is 4.98 Å². The van der Waals surface area contributed by atoms with E-state index in [1.165, 1.54) is 11.3 Å². The van der Waals surface area contributed by atoms with E-state index in [9.17, 15) is 4.79 Å². The molecule has 1 amide bonds. The summed E-state index contributed by atoms with van der Waals surface area (Å²) in [7, 11) is 1.61. The molecule has 1 aromatic heterocycles. The number of aromatic nitrogens is 1. The van der Waals surface area contributed by atoms with Gasteiger partial charge in [-0.05, 0) is 42.3 Å². The molecule has 3 aromatic rings. The van der Waals surface area contributed by atoms with E-state index in [1.807, 2.05) is 24.3 Å². The van der Waals surface area contributed by atoms with E-state index in [2.05, 4.69) is 18.8 Å². The van der Waals surface area contributed by atoms with Crippen molar-refractivity contribution in [3.05, 3.63) is 48.5 Å². The van der Waals surface area contributed by atoms with E-state index in [1.54, 1.807) is 36.3 Å². The zero-order valence-corrected chi connectivity index (χ0v) is 16.0. The van der Waals surface area contributed by atoms with Crippen molar-refractivity contribution >= 4 is 32.6 Å². The maximum Gasteiger partial charge on any atom is 0.266 e. The third kappa shape index (κ3) is 4.32. The van der Waals surface area contributed by atoms with Crippen molar-refractivity contribution < 1.29 is 14.3 Å². The fourth-order valence-corrected chi connectivity index (χ4v) is 3.51. The predicted octanol–water partition coefficient (Wildman–Crippen LogP) is 4.37. The number of rotatable bonds is 7. The summed E-state index contributed by atoms with van der Waals surface area (Å²) in [4.78, 5) is 19.1. The Morgan fingerprint density at radius 1 is 1.12 bits per heavy atom. The summed E-state index contributed by atoms with van der Waals surface area (Å²) in [6.45, 7) is 4.73. The van der Waals surface area contributed by atoms with Gasteiger partial charge in [-0.15, -0.1) is 0 Å². The highest BCUT2D eigenvalue weighted by Crippen LogP contribution is 2.29. The molecular formula is C20H22N2O3S. The molecule has 0 saturated carbocycles. The second-order valence-corrected chi connectivity index (χ2v) is 7.34. The minimum atomic E-state index is -0.103. The molecule has 0 aliphatic heterocycles. The van der Waals surface area contributed by atoms with E-state index in [-0.39, 0.29) is 12.5 Å². The lowest BCUT2D eigenvalue weighted by atomic mass is 10.2. The number of hydrogen-bond acceptors (Lipinski definition) is 5. The average Bonchev–Trinajstić information content (AvgIpc) is 3.08. The largest absolute Gasteiger partial charge is 0.497 e. The SMILES string of the molecule is COc1ccc(OCC(=O)N(CC(C)C)c2nc3ccccc3s2)cc1. The van der Waals surface area contributed by atoms with Gasteiger partial charge < -0.3 is 9.47 Å². The number of nitrogens with zero attached hydrogens (tertiary/aromatic N) is 2. The van der Waals surface area contributed by atoms with Gasteiger partial charge in [-0.2, -0.15) is 0 Å². The Labute approximate surface area is 157 Å². The first-order valence-corrected chi connectivity index (χ1v) is 9.31. The fraction of sp³-hybridized carbons (Fsp3) is 0.300. The molecule has 0 atom stereocenters. The van der Waals surface area contributed by atoms with Crippen LogP contribution in [0.25, 0.3) is 10.2 Å². The van der Waals surface area contributed by atoms with Crippen LogP contribution in [0, 0.1) is 5.92 Å². The van der Waals surface area contributed by atoms with Gasteiger partial charge in [0.25, 0.3) is 5.91 Å². The summed E-state index contributed by atoms with van der Waals surface area (Å²) in [5.41, 5.74) is 0.908. The zero-order chi connectivity index (χ0) is 18.5. The number of carbonyl (C=O) groups is 1. The third-order valence-electron chi connectivity index (χ3n) is 3.78. The highest BCUT2D eigenvalue weighted by molar-refractivity contribution is 7.22. The molecule has 3 rings (SSSR count). The van der Waals surface area contributed by atoms with Crippen LogP contribution < -0.4 is 14.4 Å². The minimum Gasteiger partial charge on any atom is -0.497 e. The van der Waals surface area contributed by atoms with Gasteiger partial charge in [-0.3, -0.25) is 9.69 Å². The Balaban J connectivity index is 1.74. The molecule has 1 heterocycles. The van der Waals surface area contributed by atoms with Gasteiger partial charge in [-0.25, -0.2) is 4.98 Å². The number of ether oxygens (including phenoxy) is 2. The number of carbonyl (C=O) groups excluding carboxylic acids is 1. The van der Waals surface area contributed by atoms with Crippen LogP contribution in [0.2, 0.25) is 0 Å². The fourth-order valence-electron chi connectivity index (χ4n) is 2.52. The van der Waals surface area contributed by atoms with E-state index in [0.717, 1.165) is 16.0 Å². The zero-order valence-electron chi connectivity index (χ0n) is 15.1. The van der Waals surface area contributed by atoms with E-state index in [4.69, 9.17) is 9.47 Å². The van der Waals surface area contributed by atoms with Crippen molar-refractivity contribution in [1.29, 1.82) is 0 Å². The van der Waals surface area contributed by atoms with E-state index < -0.39 is 0 Å². The Bertz CT molecular complexity index is 841. The van der Waals surface area contributed by atoms with Gasteiger partial charge in [0, 0.05) is 6.54 Å². The van der Waals surface area contributed by atoms with Crippen molar-refractivity contribution in [2.24, 2.45) is 5.92 Å². The lowest BCUT2D eigenvalue weighted by Gasteiger charge is -2.22. The second-order valence-electron chi connectivity index (χ2n) is 6.33. The summed E-state index contributed by atoms with van der Waals surface area (Å²) in [6, 6.07) is 15.1. The van der Waals surface area contributed by atoms with E-state index >= 15 is 0 Å². The monoisotopic (exact) mass is 370 g/mol. The van der Waals surface area contributed by atoms with Crippen LogP contribution in [0.15, 0.2) is 48.5 Å². The molecule has 26 heavy (non-hydrogen) atoms. The van der Waals surface area contributed by atoms with Gasteiger partial charge >= 0.3 is 0 Å². The minimum absolute atomic E-state index is 0.0328. The molecule has 0 bridgehead atoms. The summed E-state index contributed by atoms with van der Waals surface area (Å²) in [6.07, 6.45) is 0. The highest BCUT2D eigenvalue weighted by Gasteiger charge is 2.21. The highest BCUT2D eigenvalue weighted by atomic mass is 32.1. The first kappa shape index (κ1) is 18.2. The summed E-state index contributed by atoms with van der Waals surface area (Å²) >= 11 is 1.52. The van der Waals surface area contributed by atoms with Crippen molar-refractivity contribution in [3.8, 4) is 11.5 Å². The quantitative estimate of drug-likeness (QED) is 0.620. The molecule has 136 valence electrons. The van der Waals surface area contributed by atoms with Gasteiger partial charge in [0.1, 0.15) is 11.5 Å². The molecule has 0 saturated heterocycles. The molecule has 0 spiro atoms. The van der Waals surface area contributed by atoms with Gasteiger partial charge in [0.05, 0.1) is 17.3 Å². The maximum absolute atomic E-state index is 12.8. The standard InChI is InChI=1S/C20H22N2O3S/c1-14(2)12-22(20-21-17-6-4-5-7-18(17)26-20)19(23)13-25-16-10-8-15(24-3)9-11-16/h4-11,14H,12-13H2,1-3H3.